The molecule has 0 aliphatic carbocycles. The van der Waals surface area contributed by atoms with Crippen molar-refractivity contribution < 1.29 is 9.18 Å². The van der Waals surface area contributed by atoms with Crippen LogP contribution in [0.15, 0.2) is 48.6 Å². The molecular formula is C18H16FN7OS. The lowest BCUT2D eigenvalue weighted by molar-refractivity contribution is 0.0949. The predicted octanol–water partition coefficient (Wildman–Crippen LogP) is 2.46. The van der Waals surface area contributed by atoms with E-state index >= 15 is 0 Å². The number of imidazole rings is 1. The second-order valence-electron chi connectivity index (χ2n) is 5.95. The van der Waals surface area contributed by atoms with Crippen LogP contribution in [0, 0.1) is 5.82 Å². The number of anilines is 1. The summed E-state index contributed by atoms with van der Waals surface area (Å²) in [5.41, 5.74) is 1.64. The molecule has 4 aromatic rings. The number of hydrogen-bond donors (Lipinski definition) is 2. The zero-order chi connectivity index (χ0) is 19.3. The zero-order valence-corrected chi connectivity index (χ0v) is 15.5. The highest BCUT2D eigenvalue weighted by molar-refractivity contribution is 7.17. The molecule has 0 radical (unpaired) electrons. The Kier molecular flexibility index (Phi) is 5.20. The van der Waals surface area contributed by atoms with Gasteiger partial charge in [0.15, 0.2) is 5.69 Å². The maximum absolute atomic E-state index is 13.3. The van der Waals surface area contributed by atoms with Gasteiger partial charge >= 0.3 is 0 Å². The van der Waals surface area contributed by atoms with Gasteiger partial charge in [-0.25, -0.2) is 19.3 Å². The summed E-state index contributed by atoms with van der Waals surface area (Å²) in [5.74, 6) is -0.383. The average Bonchev–Trinajstić information content (AvgIpc) is 3.37. The molecule has 8 nitrogen and oxygen atoms in total. The van der Waals surface area contributed by atoms with Crippen LogP contribution in [0.5, 0.6) is 0 Å². The molecule has 0 saturated heterocycles. The summed E-state index contributed by atoms with van der Waals surface area (Å²) >= 11 is 1.41. The monoisotopic (exact) mass is 397 g/mol. The molecule has 1 amide bonds. The Morgan fingerprint density at radius 1 is 1.25 bits per heavy atom. The molecule has 4 aromatic heterocycles. The SMILES string of the molecule is O=C(NCCn1ccnc1)c1nc(NCc2cncc(F)c2)nc2ccsc12. The van der Waals surface area contributed by atoms with Crippen molar-refractivity contribution in [1.29, 1.82) is 0 Å². The minimum absolute atomic E-state index is 0.273. The summed E-state index contributed by atoms with van der Waals surface area (Å²) in [4.78, 5) is 29.2. The van der Waals surface area contributed by atoms with Crippen molar-refractivity contribution >= 4 is 33.4 Å². The van der Waals surface area contributed by atoms with Crippen LogP contribution in [0.25, 0.3) is 10.2 Å². The third kappa shape index (κ3) is 4.12. The number of carbonyl (C=O) groups is 1. The van der Waals surface area contributed by atoms with Crippen molar-refractivity contribution in [2.45, 2.75) is 13.1 Å². The van der Waals surface area contributed by atoms with Crippen LogP contribution in [0.4, 0.5) is 10.3 Å². The molecule has 0 saturated carbocycles. The van der Waals surface area contributed by atoms with Gasteiger partial charge in [-0.1, -0.05) is 0 Å². The molecule has 0 fully saturated rings. The Hall–Kier alpha value is -3.40. The minimum atomic E-state index is -0.411. The molecule has 0 unspecified atom stereocenters. The van der Waals surface area contributed by atoms with Crippen molar-refractivity contribution in [2.75, 3.05) is 11.9 Å². The molecule has 4 heterocycles. The van der Waals surface area contributed by atoms with Gasteiger partial charge in [-0.15, -0.1) is 11.3 Å². The Bertz CT molecular complexity index is 1100. The number of nitrogens with zero attached hydrogens (tertiary/aromatic N) is 5. The molecule has 0 spiro atoms. The lowest BCUT2D eigenvalue weighted by atomic mass is 10.3. The van der Waals surface area contributed by atoms with E-state index in [0.29, 0.717) is 42.4 Å². The van der Waals surface area contributed by atoms with Crippen LogP contribution in [-0.2, 0) is 13.1 Å². The van der Waals surface area contributed by atoms with E-state index in [1.807, 2.05) is 22.2 Å². The first-order valence-electron chi connectivity index (χ1n) is 8.51. The molecule has 0 aliphatic heterocycles. The predicted molar refractivity (Wildman–Crippen MR) is 103 cm³/mol. The fourth-order valence-electron chi connectivity index (χ4n) is 2.63. The summed E-state index contributed by atoms with van der Waals surface area (Å²) in [7, 11) is 0. The minimum Gasteiger partial charge on any atom is -0.350 e. The van der Waals surface area contributed by atoms with E-state index in [2.05, 4.69) is 30.6 Å². The van der Waals surface area contributed by atoms with Gasteiger partial charge in [-0.2, -0.15) is 0 Å². The lowest BCUT2D eigenvalue weighted by Crippen LogP contribution is -2.28. The molecule has 28 heavy (non-hydrogen) atoms. The summed E-state index contributed by atoms with van der Waals surface area (Å²) < 4.78 is 15.9. The van der Waals surface area contributed by atoms with E-state index < -0.39 is 5.82 Å². The van der Waals surface area contributed by atoms with Crippen LogP contribution in [-0.4, -0.2) is 37.0 Å². The molecule has 0 bridgehead atoms. The number of pyridine rings is 1. The molecular weight excluding hydrogens is 381 g/mol. The zero-order valence-electron chi connectivity index (χ0n) is 14.7. The smallest absolute Gasteiger partial charge is 0.271 e. The number of nitrogens with one attached hydrogen (secondary N) is 2. The fraction of sp³-hybridized carbons (Fsp3) is 0.167. The molecule has 4 rings (SSSR count). The van der Waals surface area contributed by atoms with Gasteiger partial charge in [-0.3, -0.25) is 9.78 Å². The summed E-state index contributed by atoms with van der Waals surface area (Å²) in [5, 5.41) is 7.76. The standard InChI is InChI=1S/C18H16FN7OS/c19-13-7-12(8-21-10-13)9-23-18-24-14-1-6-28-16(14)15(25-18)17(27)22-3-5-26-4-2-20-11-26/h1-2,4,6-8,10-11H,3,5,9H2,(H,22,27)(H,23,24,25). The number of halogens is 1. The first-order valence-corrected chi connectivity index (χ1v) is 9.39. The van der Waals surface area contributed by atoms with Crippen LogP contribution in [0.1, 0.15) is 16.1 Å². The van der Waals surface area contributed by atoms with E-state index in [9.17, 15) is 9.18 Å². The van der Waals surface area contributed by atoms with Crippen LogP contribution in [0.3, 0.4) is 0 Å². The molecule has 2 N–H and O–H groups in total. The Labute approximate surface area is 163 Å². The fourth-order valence-corrected chi connectivity index (χ4v) is 3.45. The van der Waals surface area contributed by atoms with E-state index in [0.717, 1.165) is 10.9 Å². The van der Waals surface area contributed by atoms with Gasteiger partial charge in [0.2, 0.25) is 5.95 Å². The second kappa shape index (κ2) is 8.09. The highest BCUT2D eigenvalue weighted by Crippen LogP contribution is 2.23. The Morgan fingerprint density at radius 3 is 3.00 bits per heavy atom. The van der Waals surface area contributed by atoms with Gasteiger partial charge in [-0.05, 0) is 23.1 Å². The van der Waals surface area contributed by atoms with Crippen molar-refractivity contribution in [3.63, 3.8) is 0 Å². The number of rotatable bonds is 7. The third-order valence-electron chi connectivity index (χ3n) is 3.95. The summed E-state index contributed by atoms with van der Waals surface area (Å²) in [6.07, 6.45) is 7.91. The van der Waals surface area contributed by atoms with Crippen LogP contribution < -0.4 is 10.6 Å². The van der Waals surface area contributed by atoms with E-state index in [1.54, 1.807) is 18.7 Å². The van der Waals surface area contributed by atoms with Crippen molar-refractivity contribution in [2.24, 2.45) is 0 Å². The highest BCUT2D eigenvalue weighted by Gasteiger charge is 2.16. The molecule has 0 aromatic carbocycles. The molecule has 0 atom stereocenters. The average molecular weight is 397 g/mol. The van der Waals surface area contributed by atoms with Crippen LogP contribution >= 0.6 is 11.3 Å². The highest BCUT2D eigenvalue weighted by atomic mass is 32.1. The topological polar surface area (TPSA) is 97.6 Å². The molecule has 142 valence electrons. The Morgan fingerprint density at radius 2 is 2.18 bits per heavy atom. The second-order valence-corrected chi connectivity index (χ2v) is 6.87. The van der Waals surface area contributed by atoms with Gasteiger partial charge in [0.05, 0.1) is 22.7 Å². The lowest BCUT2D eigenvalue weighted by Gasteiger charge is -2.09. The first kappa shape index (κ1) is 18.0. The number of thiophene rings is 1. The number of hydrogen-bond acceptors (Lipinski definition) is 7. The van der Waals surface area contributed by atoms with Gasteiger partial charge in [0, 0.05) is 38.2 Å². The largest absolute Gasteiger partial charge is 0.350 e. The van der Waals surface area contributed by atoms with E-state index in [4.69, 9.17) is 0 Å². The number of carbonyl (C=O) groups excluding carboxylic acids is 1. The Balaban J connectivity index is 1.48. The number of amides is 1. The van der Waals surface area contributed by atoms with E-state index in [-0.39, 0.29) is 5.91 Å². The van der Waals surface area contributed by atoms with E-state index in [1.165, 1.54) is 17.4 Å². The normalized spacial score (nSPS) is 10.9. The van der Waals surface area contributed by atoms with Crippen molar-refractivity contribution in [3.8, 4) is 0 Å². The quantitative estimate of drug-likeness (QED) is 0.497. The van der Waals surface area contributed by atoms with Crippen molar-refractivity contribution in [1.82, 2.24) is 29.8 Å². The van der Waals surface area contributed by atoms with Crippen LogP contribution in [0.2, 0.25) is 0 Å². The van der Waals surface area contributed by atoms with Gasteiger partial charge < -0.3 is 15.2 Å². The first-order chi connectivity index (χ1) is 13.7. The summed E-state index contributed by atoms with van der Waals surface area (Å²) in [6.45, 7) is 1.36. The third-order valence-corrected chi connectivity index (χ3v) is 4.86. The maximum atomic E-state index is 13.3. The number of fused-ring (bicyclic) bond motifs is 1. The number of aromatic nitrogens is 5. The molecule has 0 aliphatic rings. The summed E-state index contributed by atoms with van der Waals surface area (Å²) in [6, 6.07) is 3.21. The van der Waals surface area contributed by atoms with Gasteiger partial charge in [0.25, 0.3) is 5.91 Å². The molecule has 10 heteroatoms. The van der Waals surface area contributed by atoms with Crippen molar-refractivity contribution in [3.05, 3.63) is 65.7 Å². The maximum Gasteiger partial charge on any atom is 0.271 e. The van der Waals surface area contributed by atoms with Gasteiger partial charge in [0.1, 0.15) is 5.82 Å².